The van der Waals surface area contributed by atoms with Gasteiger partial charge in [0.15, 0.2) is 15.0 Å². The fourth-order valence-electron chi connectivity index (χ4n) is 3.14. The smallest absolute Gasteiger partial charge is 0.209 e. The quantitative estimate of drug-likeness (QED) is 0.577. The van der Waals surface area contributed by atoms with Crippen LogP contribution in [0.25, 0.3) is 5.82 Å². The first kappa shape index (κ1) is 20.8. The Kier molecular flexibility index (Phi) is 5.79. The van der Waals surface area contributed by atoms with E-state index in [0.29, 0.717) is 27.8 Å². The monoisotopic (exact) mass is 461 g/mol. The third kappa shape index (κ3) is 3.70. The molecule has 0 fully saturated rings. The number of thioether (sulfide) groups is 1. The second-order valence-electron chi connectivity index (χ2n) is 6.24. The highest BCUT2D eigenvalue weighted by atomic mass is 32.2. The summed E-state index contributed by atoms with van der Waals surface area (Å²) in [7, 11) is -3.72. The molecule has 154 valence electrons. The van der Waals surface area contributed by atoms with E-state index < -0.39 is 9.84 Å². The number of nitrogens with one attached hydrogen (secondary N) is 1. The van der Waals surface area contributed by atoms with E-state index >= 15 is 0 Å². The van der Waals surface area contributed by atoms with Crippen LogP contribution in [0.1, 0.15) is 6.42 Å². The number of hydrogen-bond donors (Lipinski definition) is 3. The van der Waals surface area contributed by atoms with Crippen LogP contribution in [0.2, 0.25) is 0 Å². The summed E-state index contributed by atoms with van der Waals surface area (Å²) in [5.74, 6) is -0.0753. The van der Waals surface area contributed by atoms with Gasteiger partial charge in [0.25, 0.3) is 0 Å². The van der Waals surface area contributed by atoms with Crippen LogP contribution in [0.15, 0.2) is 70.7 Å². The van der Waals surface area contributed by atoms with Gasteiger partial charge in [-0.2, -0.15) is 0 Å². The summed E-state index contributed by atoms with van der Waals surface area (Å²) < 4.78 is 35.8. The highest BCUT2D eigenvalue weighted by molar-refractivity contribution is 8.14. The van der Waals surface area contributed by atoms with Crippen molar-refractivity contribution in [3.8, 4) is 0 Å². The van der Waals surface area contributed by atoms with E-state index in [1.165, 1.54) is 17.8 Å². The molecule has 2 aromatic carbocycles. The van der Waals surface area contributed by atoms with Crippen LogP contribution < -0.4 is 16.3 Å². The first-order valence-electron chi connectivity index (χ1n) is 8.68. The molecule has 0 bridgehead atoms. The summed E-state index contributed by atoms with van der Waals surface area (Å²) in [5, 5.41) is 24.9. The zero-order valence-electron chi connectivity index (χ0n) is 15.3. The number of nitrogens with two attached hydrogens (primary N) is 1. The largest absolute Gasteiger partial charge is 0.330 e. The summed E-state index contributed by atoms with van der Waals surface area (Å²) >= 11 is 1.53. The Bertz CT molecular complexity index is 1420. The zero-order chi connectivity index (χ0) is 21.3. The summed E-state index contributed by atoms with van der Waals surface area (Å²) in [4.78, 5) is 5.14. The first-order chi connectivity index (χ1) is 14.5. The van der Waals surface area contributed by atoms with E-state index in [4.69, 9.17) is 11.1 Å². The van der Waals surface area contributed by atoms with Crippen LogP contribution in [0.3, 0.4) is 0 Å². The molecule has 4 N–H and O–H groups in total. The summed E-state index contributed by atoms with van der Waals surface area (Å²) in [5.41, 5.74) is 5.47. The summed E-state index contributed by atoms with van der Waals surface area (Å²) in [6.07, 6.45) is 0.287. The highest BCUT2D eigenvalue weighted by Crippen LogP contribution is 2.25. The number of amidine groups is 1. The Morgan fingerprint density at radius 3 is 2.60 bits per heavy atom. The van der Waals surface area contributed by atoms with Crippen molar-refractivity contribution in [3.63, 3.8) is 0 Å². The van der Waals surface area contributed by atoms with Crippen molar-refractivity contribution in [2.24, 2.45) is 31.4 Å². The number of para-hydroxylation sites is 1. The molecule has 0 saturated carbocycles. The maximum absolute atomic E-state index is 12.9. The minimum Gasteiger partial charge on any atom is -0.330 e. The van der Waals surface area contributed by atoms with Gasteiger partial charge in [0.2, 0.25) is 5.82 Å². The Labute approximate surface area is 179 Å². The molecule has 0 atom stereocenters. The van der Waals surface area contributed by atoms with Crippen LogP contribution in [0.4, 0.5) is 0 Å². The van der Waals surface area contributed by atoms with E-state index in [2.05, 4.69) is 25.7 Å². The van der Waals surface area contributed by atoms with E-state index in [1.807, 2.05) is 12.1 Å². The molecule has 0 aromatic heterocycles. The maximum Gasteiger partial charge on any atom is 0.209 e. The van der Waals surface area contributed by atoms with Gasteiger partial charge in [-0.15, -0.1) is 10.2 Å². The second kappa shape index (κ2) is 8.35. The van der Waals surface area contributed by atoms with Crippen LogP contribution in [-0.4, -0.2) is 30.4 Å². The molecule has 0 unspecified atom stereocenters. The van der Waals surface area contributed by atoms with Crippen LogP contribution in [0, 0.1) is 15.8 Å². The minimum absolute atomic E-state index is 0.0429. The summed E-state index contributed by atoms with van der Waals surface area (Å²) in [6.45, 7) is 0.229. The van der Waals surface area contributed by atoms with E-state index in [0.717, 1.165) is 4.90 Å². The Hall–Kier alpha value is -2.45. The number of hydrogen-bond acceptors (Lipinski definition) is 11. The number of fused-ring (bicyclic) bond motifs is 1. The molecule has 0 amide bonds. The Morgan fingerprint density at radius 1 is 1.13 bits per heavy atom. The second-order valence-corrected chi connectivity index (χ2v) is 9.94. The lowest BCUT2D eigenvalue weighted by Crippen LogP contribution is -2.20. The van der Waals surface area contributed by atoms with E-state index in [9.17, 15) is 13.0 Å². The van der Waals surface area contributed by atoms with Crippen molar-refractivity contribution in [1.82, 2.24) is 0 Å². The molecule has 2 heterocycles. The van der Waals surface area contributed by atoms with Gasteiger partial charge in [-0.3, -0.25) is 5.41 Å². The molecule has 2 aliphatic heterocycles. The molecule has 30 heavy (non-hydrogen) atoms. The molecule has 0 aliphatic carbocycles. The fraction of sp³-hybridized carbons (Fsp3) is 0.176. The van der Waals surface area contributed by atoms with Crippen LogP contribution in [-0.2, 0) is 9.84 Å². The van der Waals surface area contributed by atoms with Crippen molar-refractivity contribution < 1.29 is 13.0 Å². The molecule has 0 saturated heterocycles. The lowest BCUT2D eigenvalue weighted by atomic mass is 10.1. The van der Waals surface area contributed by atoms with Gasteiger partial charge in [-0.25, -0.2) is 13.4 Å². The van der Waals surface area contributed by atoms with Gasteiger partial charge in [-0.05, 0) is 52.5 Å². The molecular weight excluding hydrogens is 446 g/mol. The average molecular weight is 462 g/mol. The molecule has 13 heteroatoms. The van der Waals surface area contributed by atoms with Crippen LogP contribution >= 0.6 is 23.8 Å². The Balaban J connectivity index is 2.22. The third-order valence-electron chi connectivity index (χ3n) is 4.42. The van der Waals surface area contributed by atoms with E-state index in [1.54, 1.807) is 12.1 Å². The van der Waals surface area contributed by atoms with Crippen LogP contribution in [0.5, 0.6) is 0 Å². The molecule has 2 aliphatic rings. The highest BCUT2D eigenvalue weighted by Gasteiger charge is 2.22. The third-order valence-corrected chi connectivity index (χ3v) is 7.82. The average Bonchev–Trinajstić information content (AvgIpc) is 3.39. The predicted molar refractivity (Wildman–Crippen MR) is 112 cm³/mol. The first-order valence-corrected chi connectivity index (χ1v) is 11.9. The number of sulfone groups is 1. The SMILES string of the molecule is N=C1N=c2c(cccc2=c2ccc(S(=O)(=O)CCCN)c(SO)c2=C2N=NN=N2)S1. The van der Waals surface area contributed by atoms with Gasteiger partial charge >= 0.3 is 0 Å². The van der Waals surface area contributed by atoms with Gasteiger partial charge < -0.3 is 10.3 Å². The topological polar surface area (TPSA) is 166 Å². The van der Waals surface area contributed by atoms with Gasteiger partial charge in [0.1, 0.15) is 0 Å². The molecular formula is C17H15N7O3S3. The molecule has 10 nitrogen and oxygen atoms in total. The fourth-order valence-corrected chi connectivity index (χ4v) is 6.25. The number of nitrogens with zero attached hydrogens (tertiary/aromatic N) is 5. The molecule has 4 rings (SSSR count). The number of benzene rings is 2. The zero-order valence-corrected chi connectivity index (χ0v) is 17.8. The number of rotatable bonds is 5. The molecule has 0 spiro atoms. The van der Waals surface area contributed by atoms with Crippen molar-refractivity contribution >= 4 is 44.6 Å². The minimum atomic E-state index is -3.72. The van der Waals surface area contributed by atoms with Crippen molar-refractivity contribution in [2.45, 2.75) is 21.1 Å². The van der Waals surface area contributed by atoms with Crippen molar-refractivity contribution in [3.05, 3.63) is 51.3 Å². The van der Waals surface area contributed by atoms with Crippen molar-refractivity contribution in [1.29, 1.82) is 5.41 Å². The molecule has 0 radical (unpaired) electrons. The van der Waals surface area contributed by atoms with Gasteiger partial charge in [-0.1, -0.05) is 18.2 Å². The van der Waals surface area contributed by atoms with Gasteiger partial charge in [0, 0.05) is 27.4 Å². The molecule has 2 aromatic rings. The lowest BCUT2D eigenvalue weighted by Gasteiger charge is -2.09. The maximum atomic E-state index is 12.9. The van der Waals surface area contributed by atoms with Crippen molar-refractivity contribution in [2.75, 3.05) is 12.3 Å². The van der Waals surface area contributed by atoms with E-state index in [-0.39, 0.29) is 44.7 Å². The summed E-state index contributed by atoms with van der Waals surface area (Å²) in [6, 6.07) is 8.54. The standard InChI is InChI=1S/C17H15N7O3S3/c18-7-2-8-30(26,27)12-6-5-9(13(15(12)29-25)16-21-23-24-22-16)10-3-1-4-11-14(10)20-17(19)28-11/h1,3-6,19,25H,2,7-8,18H2. The normalized spacial score (nSPS) is 16.2. The lowest BCUT2D eigenvalue weighted by molar-refractivity contribution is 0.590. The predicted octanol–water partition coefficient (Wildman–Crippen LogP) is 2.22. The van der Waals surface area contributed by atoms with Gasteiger partial charge in [0.05, 0.1) is 20.9 Å². The Morgan fingerprint density at radius 2 is 1.90 bits per heavy atom.